The van der Waals surface area contributed by atoms with Gasteiger partial charge >= 0.3 is 0 Å². The van der Waals surface area contributed by atoms with Crippen molar-refractivity contribution < 1.29 is 8.42 Å². The molecule has 1 fully saturated rings. The zero-order valence-electron chi connectivity index (χ0n) is 12.1. The second-order valence-electron chi connectivity index (χ2n) is 6.20. The van der Waals surface area contributed by atoms with Crippen LogP contribution < -0.4 is 5.73 Å². The zero-order valence-corrected chi connectivity index (χ0v) is 13.7. The van der Waals surface area contributed by atoms with Crippen LogP contribution in [0.1, 0.15) is 20.3 Å². The molecule has 1 saturated heterocycles. The number of sulfonamides is 1. The number of hydrogen-bond acceptors (Lipinski definition) is 5. The SMILES string of the molecule is CC1(C)CN(S(=O)(=O)c2cnc3ccsc3c2)CCC1N. The quantitative estimate of drug-likeness (QED) is 0.917. The minimum Gasteiger partial charge on any atom is -0.327 e. The molecule has 0 aliphatic carbocycles. The molecule has 21 heavy (non-hydrogen) atoms. The number of rotatable bonds is 2. The Labute approximate surface area is 128 Å². The van der Waals surface area contributed by atoms with Crippen molar-refractivity contribution in [1.29, 1.82) is 0 Å². The maximum absolute atomic E-state index is 12.8. The Hall–Kier alpha value is -1.02. The van der Waals surface area contributed by atoms with E-state index in [-0.39, 0.29) is 16.4 Å². The first-order valence-corrected chi connectivity index (χ1v) is 9.22. The van der Waals surface area contributed by atoms with E-state index >= 15 is 0 Å². The largest absolute Gasteiger partial charge is 0.327 e. The molecule has 1 unspecified atom stereocenters. The first kappa shape index (κ1) is 14.9. The summed E-state index contributed by atoms with van der Waals surface area (Å²) in [5, 5.41) is 1.91. The second kappa shape index (κ2) is 5.01. The Balaban J connectivity index is 1.96. The summed E-state index contributed by atoms with van der Waals surface area (Å²) in [5.41, 5.74) is 6.70. The molecule has 2 aromatic rings. The molecule has 2 aromatic heterocycles. The van der Waals surface area contributed by atoms with Gasteiger partial charge in [-0.05, 0) is 29.3 Å². The average molecular weight is 325 g/mol. The van der Waals surface area contributed by atoms with Crippen LogP contribution in [0.15, 0.2) is 28.6 Å². The maximum atomic E-state index is 12.8. The van der Waals surface area contributed by atoms with Crippen molar-refractivity contribution in [1.82, 2.24) is 9.29 Å². The average Bonchev–Trinajstić information content (AvgIpc) is 2.88. The Morgan fingerprint density at radius 1 is 1.48 bits per heavy atom. The molecule has 1 aliphatic rings. The highest BCUT2D eigenvalue weighted by atomic mass is 32.2. The fraction of sp³-hybridized carbons (Fsp3) is 0.500. The van der Waals surface area contributed by atoms with Crippen LogP contribution in [0.5, 0.6) is 0 Å². The number of nitrogens with zero attached hydrogens (tertiary/aromatic N) is 2. The van der Waals surface area contributed by atoms with E-state index < -0.39 is 10.0 Å². The van der Waals surface area contributed by atoms with Gasteiger partial charge in [0, 0.05) is 25.3 Å². The molecule has 0 spiro atoms. The highest BCUT2D eigenvalue weighted by Gasteiger charge is 2.38. The lowest BCUT2D eigenvalue weighted by molar-refractivity contribution is 0.155. The van der Waals surface area contributed by atoms with Gasteiger partial charge in [0.05, 0.1) is 10.2 Å². The van der Waals surface area contributed by atoms with Crippen molar-refractivity contribution in [3.8, 4) is 0 Å². The first-order valence-electron chi connectivity index (χ1n) is 6.90. The van der Waals surface area contributed by atoms with Gasteiger partial charge in [-0.1, -0.05) is 13.8 Å². The summed E-state index contributed by atoms with van der Waals surface area (Å²) in [6, 6.07) is 3.63. The molecule has 0 aromatic carbocycles. The molecule has 0 amide bonds. The molecular weight excluding hydrogens is 306 g/mol. The van der Waals surface area contributed by atoms with Crippen LogP contribution in [0.2, 0.25) is 0 Å². The summed E-state index contributed by atoms with van der Waals surface area (Å²) >= 11 is 1.50. The summed E-state index contributed by atoms with van der Waals surface area (Å²) in [7, 11) is -3.50. The van der Waals surface area contributed by atoms with E-state index in [1.165, 1.54) is 21.8 Å². The van der Waals surface area contributed by atoms with E-state index in [4.69, 9.17) is 5.73 Å². The predicted octanol–water partition coefficient (Wildman–Crippen LogP) is 2.04. The Kier molecular flexibility index (Phi) is 3.56. The van der Waals surface area contributed by atoms with E-state index in [0.717, 1.165) is 10.2 Å². The number of pyridine rings is 1. The van der Waals surface area contributed by atoms with Gasteiger partial charge in [-0.15, -0.1) is 11.3 Å². The van der Waals surface area contributed by atoms with Crippen LogP contribution in [0.3, 0.4) is 0 Å². The summed E-state index contributed by atoms with van der Waals surface area (Å²) in [5.74, 6) is 0. The molecule has 7 heteroatoms. The molecular formula is C14H19N3O2S2. The van der Waals surface area contributed by atoms with Gasteiger partial charge in [-0.2, -0.15) is 4.31 Å². The summed E-state index contributed by atoms with van der Waals surface area (Å²) in [6.07, 6.45) is 2.13. The highest BCUT2D eigenvalue weighted by Crippen LogP contribution is 2.32. The summed E-state index contributed by atoms with van der Waals surface area (Å²) < 4.78 is 28.0. The maximum Gasteiger partial charge on any atom is 0.244 e. The molecule has 0 saturated carbocycles. The molecule has 114 valence electrons. The van der Waals surface area contributed by atoms with Gasteiger partial charge in [-0.25, -0.2) is 8.42 Å². The lowest BCUT2D eigenvalue weighted by Gasteiger charge is -2.41. The lowest BCUT2D eigenvalue weighted by atomic mass is 9.81. The van der Waals surface area contributed by atoms with Crippen LogP contribution in [-0.2, 0) is 10.0 Å². The minimum atomic E-state index is -3.50. The molecule has 1 atom stereocenters. The predicted molar refractivity (Wildman–Crippen MR) is 84.8 cm³/mol. The normalized spacial score (nSPS) is 23.5. The van der Waals surface area contributed by atoms with Gasteiger partial charge in [0.15, 0.2) is 0 Å². The highest BCUT2D eigenvalue weighted by molar-refractivity contribution is 7.89. The molecule has 3 rings (SSSR count). The van der Waals surface area contributed by atoms with Gasteiger partial charge < -0.3 is 5.73 Å². The second-order valence-corrected chi connectivity index (χ2v) is 9.08. The van der Waals surface area contributed by atoms with E-state index in [0.29, 0.717) is 19.5 Å². The van der Waals surface area contributed by atoms with E-state index in [1.54, 1.807) is 6.07 Å². The monoisotopic (exact) mass is 325 g/mol. The minimum absolute atomic E-state index is 0.0295. The number of piperidine rings is 1. The van der Waals surface area contributed by atoms with Crippen molar-refractivity contribution in [2.45, 2.75) is 31.2 Å². The van der Waals surface area contributed by atoms with Crippen molar-refractivity contribution >= 4 is 31.6 Å². The number of nitrogens with two attached hydrogens (primary N) is 1. The third kappa shape index (κ3) is 2.59. The van der Waals surface area contributed by atoms with E-state index in [9.17, 15) is 8.42 Å². The topological polar surface area (TPSA) is 76.3 Å². The van der Waals surface area contributed by atoms with Crippen molar-refractivity contribution in [3.05, 3.63) is 23.7 Å². The van der Waals surface area contributed by atoms with E-state index in [2.05, 4.69) is 4.98 Å². The standard InChI is InChI=1S/C14H19N3O2S2/c1-14(2)9-17(5-3-13(14)15)21(18,19)10-7-12-11(16-8-10)4-6-20-12/h4,6-8,13H,3,5,9,15H2,1-2H3. The Morgan fingerprint density at radius 3 is 2.95 bits per heavy atom. The van der Waals surface area contributed by atoms with Crippen LogP contribution in [-0.4, -0.2) is 36.8 Å². The van der Waals surface area contributed by atoms with Crippen LogP contribution >= 0.6 is 11.3 Å². The van der Waals surface area contributed by atoms with Crippen molar-refractivity contribution in [2.24, 2.45) is 11.1 Å². The van der Waals surface area contributed by atoms with Gasteiger partial charge in [0.1, 0.15) is 4.90 Å². The van der Waals surface area contributed by atoms with Crippen molar-refractivity contribution in [2.75, 3.05) is 13.1 Å². The lowest BCUT2D eigenvalue weighted by Crippen LogP contribution is -2.53. The summed E-state index contributed by atoms with van der Waals surface area (Å²) in [4.78, 5) is 4.50. The van der Waals surface area contributed by atoms with Gasteiger partial charge in [0.2, 0.25) is 10.0 Å². The molecule has 3 heterocycles. The Morgan fingerprint density at radius 2 is 2.24 bits per heavy atom. The third-order valence-corrected chi connectivity index (χ3v) is 6.86. The molecule has 5 nitrogen and oxygen atoms in total. The molecule has 1 aliphatic heterocycles. The van der Waals surface area contributed by atoms with Gasteiger partial charge in [-0.3, -0.25) is 4.98 Å². The molecule has 0 radical (unpaired) electrons. The smallest absolute Gasteiger partial charge is 0.244 e. The zero-order chi connectivity index (χ0) is 15.3. The fourth-order valence-corrected chi connectivity index (χ4v) is 5.10. The number of fused-ring (bicyclic) bond motifs is 1. The fourth-order valence-electron chi connectivity index (χ4n) is 2.65. The molecule has 2 N–H and O–H groups in total. The van der Waals surface area contributed by atoms with Crippen molar-refractivity contribution in [3.63, 3.8) is 0 Å². The Bertz CT molecular complexity index is 767. The summed E-state index contributed by atoms with van der Waals surface area (Å²) in [6.45, 7) is 4.94. The van der Waals surface area contributed by atoms with Crippen LogP contribution in [0, 0.1) is 5.41 Å². The number of aromatic nitrogens is 1. The number of hydrogen-bond donors (Lipinski definition) is 1. The van der Waals surface area contributed by atoms with E-state index in [1.807, 2.05) is 25.3 Å². The van der Waals surface area contributed by atoms with Gasteiger partial charge in [0.25, 0.3) is 0 Å². The molecule has 0 bridgehead atoms. The van der Waals surface area contributed by atoms with Crippen LogP contribution in [0.25, 0.3) is 10.2 Å². The number of thiophene rings is 1. The third-order valence-electron chi connectivity index (χ3n) is 4.19. The first-order chi connectivity index (χ1) is 9.80. The van der Waals surface area contributed by atoms with Crippen LogP contribution in [0.4, 0.5) is 0 Å².